The highest BCUT2D eigenvalue weighted by Crippen LogP contribution is 2.15. The van der Waals surface area contributed by atoms with Crippen molar-refractivity contribution in [1.29, 1.82) is 0 Å². The first-order chi connectivity index (χ1) is 9.19. The fraction of sp³-hybridized carbons (Fsp3) is 0.0769. The van der Waals surface area contributed by atoms with E-state index < -0.39 is 0 Å². The van der Waals surface area contributed by atoms with Crippen LogP contribution < -0.4 is 11.1 Å². The van der Waals surface area contributed by atoms with Gasteiger partial charge in [0, 0.05) is 22.9 Å². The number of anilines is 1. The van der Waals surface area contributed by atoms with Gasteiger partial charge in [-0.3, -0.25) is 4.98 Å². The van der Waals surface area contributed by atoms with Crippen molar-refractivity contribution < 1.29 is 5.21 Å². The molecule has 0 aliphatic rings. The van der Waals surface area contributed by atoms with Gasteiger partial charge in [0.1, 0.15) is 5.69 Å². The van der Waals surface area contributed by atoms with Crippen LogP contribution in [0.15, 0.2) is 52.2 Å². The molecule has 0 unspecified atom stereocenters. The second-order valence-electron chi connectivity index (χ2n) is 3.90. The van der Waals surface area contributed by atoms with Gasteiger partial charge in [0.05, 0.1) is 0 Å². The second kappa shape index (κ2) is 6.19. The van der Waals surface area contributed by atoms with Crippen LogP contribution in [-0.4, -0.2) is 16.0 Å². The molecular weight excluding hydrogens is 308 g/mol. The van der Waals surface area contributed by atoms with E-state index in [-0.39, 0.29) is 5.84 Å². The van der Waals surface area contributed by atoms with Crippen LogP contribution in [0.4, 0.5) is 5.69 Å². The monoisotopic (exact) mass is 320 g/mol. The third-order valence-electron chi connectivity index (χ3n) is 2.54. The maximum atomic E-state index is 8.62. The number of nitrogens with two attached hydrogens (primary N) is 1. The van der Waals surface area contributed by atoms with Crippen molar-refractivity contribution in [1.82, 2.24) is 4.98 Å². The Kier molecular flexibility index (Phi) is 4.35. The van der Waals surface area contributed by atoms with Crippen LogP contribution in [0.3, 0.4) is 0 Å². The Morgan fingerprint density at radius 1 is 1.32 bits per heavy atom. The smallest absolute Gasteiger partial charge is 0.188 e. The molecule has 0 aliphatic carbocycles. The SMILES string of the molecule is NC(=NO)c1cc(CNc2ccc(Br)cc2)ccn1. The molecule has 0 aliphatic heterocycles. The molecule has 1 heterocycles. The van der Waals surface area contributed by atoms with Gasteiger partial charge in [0.2, 0.25) is 0 Å². The molecule has 5 nitrogen and oxygen atoms in total. The summed E-state index contributed by atoms with van der Waals surface area (Å²) in [4.78, 5) is 4.03. The molecule has 4 N–H and O–H groups in total. The van der Waals surface area contributed by atoms with Gasteiger partial charge >= 0.3 is 0 Å². The molecule has 0 fully saturated rings. The van der Waals surface area contributed by atoms with Crippen LogP contribution in [0.5, 0.6) is 0 Å². The van der Waals surface area contributed by atoms with E-state index in [1.807, 2.05) is 30.3 Å². The Morgan fingerprint density at radius 2 is 2.05 bits per heavy atom. The summed E-state index contributed by atoms with van der Waals surface area (Å²) in [5, 5.41) is 14.8. The van der Waals surface area contributed by atoms with Crippen molar-refractivity contribution >= 4 is 27.5 Å². The predicted octanol–water partition coefficient (Wildman–Crippen LogP) is 2.55. The zero-order valence-electron chi connectivity index (χ0n) is 10.0. The fourth-order valence-corrected chi connectivity index (χ4v) is 1.81. The van der Waals surface area contributed by atoms with E-state index in [9.17, 15) is 0 Å². The number of hydrogen-bond acceptors (Lipinski definition) is 4. The van der Waals surface area contributed by atoms with E-state index in [0.717, 1.165) is 15.7 Å². The standard InChI is InChI=1S/C13H13BrN4O/c14-10-1-3-11(4-2-10)17-8-9-5-6-16-12(7-9)13(15)18-19/h1-7,17,19H,8H2,(H2,15,18). The summed E-state index contributed by atoms with van der Waals surface area (Å²) in [6.07, 6.45) is 1.63. The number of pyridine rings is 1. The first kappa shape index (κ1) is 13.4. The molecule has 0 radical (unpaired) electrons. The molecule has 19 heavy (non-hydrogen) atoms. The summed E-state index contributed by atoms with van der Waals surface area (Å²) >= 11 is 3.39. The zero-order chi connectivity index (χ0) is 13.7. The van der Waals surface area contributed by atoms with E-state index in [2.05, 4.69) is 31.4 Å². The van der Waals surface area contributed by atoms with Gasteiger partial charge in [-0.1, -0.05) is 21.1 Å². The number of oxime groups is 1. The molecule has 0 amide bonds. The van der Waals surface area contributed by atoms with Gasteiger partial charge in [-0.2, -0.15) is 0 Å². The molecular formula is C13H13BrN4O. The van der Waals surface area contributed by atoms with Crippen molar-refractivity contribution in [2.45, 2.75) is 6.54 Å². The van der Waals surface area contributed by atoms with Crippen molar-refractivity contribution in [2.75, 3.05) is 5.32 Å². The van der Waals surface area contributed by atoms with Crippen LogP contribution in [-0.2, 0) is 6.54 Å². The van der Waals surface area contributed by atoms with E-state index in [1.54, 1.807) is 12.3 Å². The summed E-state index contributed by atoms with van der Waals surface area (Å²) in [5.41, 5.74) is 7.97. The van der Waals surface area contributed by atoms with E-state index >= 15 is 0 Å². The van der Waals surface area contributed by atoms with Crippen LogP contribution in [0.1, 0.15) is 11.3 Å². The number of nitrogens with one attached hydrogen (secondary N) is 1. The highest BCUT2D eigenvalue weighted by Gasteiger charge is 2.02. The Morgan fingerprint density at radius 3 is 2.74 bits per heavy atom. The Bertz CT molecular complexity index is 583. The van der Waals surface area contributed by atoms with Crippen molar-refractivity contribution in [2.24, 2.45) is 10.9 Å². The van der Waals surface area contributed by atoms with Gasteiger partial charge in [-0.25, -0.2) is 0 Å². The average Bonchev–Trinajstić information content (AvgIpc) is 2.46. The molecule has 6 heteroatoms. The van der Waals surface area contributed by atoms with Crippen molar-refractivity contribution in [3.63, 3.8) is 0 Å². The topological polar surface area (TPSA) is 83.5 Å². The minimum absolute atomic E-state index is 0.00508. The lowest BCUT2D eigenvalue weighted by Crippen LogP contribution is -2.15. The first-order valence-electron chi connectivity index (χ1n) is 5.61. The maximum Gasteiger partial charge on any atom is 0.188 e. The lowest BCUT2D eigenvalue weighted by atomic mass is 10.2. The quantitative estimate of drug-likeness (QED) is 0.350. The molecule has 2 rings (SSSR count). The molecule has 98 valence electrons. The summed E-state index contributed by atoms with van der Waals surface area (Å²) in [6.45, 7) is 0.635. The number of nitrogens with zero attached hydrogens (tertiary/aromatic N) is 2. The largest absolute Gasteiger partial charge is 0.409 e. The molecule has 0 saturated carbocycles. The number of rotatable bonds is 4. The Balaban J connectivity index is 2.05. The normalized spacial score (nSPS) is 11.3. The molecule has 0 spiro atoms. The Labute approximate surface area is 119 Å². The average molecular weight is 321 g/mol. The van der Waals surface area contributed by atoms with E-state index in [1.165, 1.54) is 0 Å². The van der Waals surface area contributed by atoms with Crippen LogP contribution in [0.2, 0.25) is 0 Å². The van der Waals surface area contributed by atoms with Gasteiger partial charge in [-0.15, -0.1) is 0 Å². The van der Waals surface area contributed by atoms with Crippen LogP contribution in [0, 0.1) is 0 Å². The van der Waals surface area contributed by atoms with Gasteiger partial charge < -0.3 is 16.3 Å². The second-order valence-corrected chi connectivity index (χ2v) is 4.81. The summed E-state index contributed by atoms with van der Waals surface area (Å²) in [7, 11) is 0. The number of amidine groups is 1. The lowest BCUT2D eigenvalue weighted by molar-refractivity contribution is 0.318. The number of hydrogen-bond donors (Lipinski definition) is 3. The highest BCUT2D eigenvalue weighted by atomic mass is 79.9. The molecule has 1 aromatic heterocycles. The third-order valence-corrected chi connectivity index (χ3v) is 3.06. The van der Waals surface area contributed by atoms with Gasteiger partial charge in [0.15, 0.2) is 5.84 Å². The highest BCUT2D eigenvalue weighted by molar-refractivity contribution is 9.10. The minimum Gasteiger partial charge on any atom is -0.409 e. The maximum absolute atomic E-state index is 8.62. The molecule has 0 bridgehead atoms. The number of benzene rings is 1. The first-order valence-corrected chi connectivity index (χ1v) is 6.40. The molecule has 2 aromatic rings. The van der Waals surface area contributed by atoms with E-state index in [0.29, 0.717) is 12.2 Å². The minimum atomic E-state index is 0.00508. The van der Waals surface area contributed by atoms with Gasteiger partial charge in [-0.05, 0) is 42.0 Å². The molecule has 0 saturated heterocycles. The van der Waals surface area contributed by atoms with Crippen LogP contribution in [0.25, 0.3) is 0 Å². The zero-order valence-corrected chi connectivity index (χ0v) is 11.6. The summed E-state index contributed by atoms with van der Waals surface area (Å²) in [5.74, 6) is 0.00508. The number of halogens is 1. The Hall–Kier alpha value is -2.08. The molecule has 1 aromatic carbocycles. The van der Waals surface area contributed by atoms with Crippen molar-refractivity contribution in [3.8, 4) is 0 Å². The fourth-order valence-electron chi connectivity index (χ4n) is 1.55. The summed E-state index contributed by atoms with van der Waals surface area (Å²) in [6, 6.07) is 11.6. The van der Waals surface area contributed by atoms with Crippen LogP contribution >= 0.6 is 15.9 Å². The van der Waals surface area contributed by atoms with Gasteiger partial charge in [0.25, 0.3) is 0 Å². The lowest BCUT2D eigenvalue weighted by Gasteiger charge is -2.07. The number of aromatic nitrogens is 1. The third kappa shape index (κ3) is 3.69. The summed E-state index contributed by atoms with van der Waals surface area (Å²) < 4.78 is 1.04. The predicted molar refractivity (Wildman–Crippen MR) is 78.2 cm³/mol. The molecule has 0 atom stereocenters. The van der Waals surface area contributed by atoms with E-state index in [4.69, 9.17) is 10.9 Å². The van der Waals surface area contributed by atoms with Crippen molar-refractivity contribution in [3.05, 3.63) is 58.3 Å².